The van der Waals surface area contributed by atoms with E-state index in [-0.39, 0.29) is 23.5 Å². The third-order valence-electron chi connectivity index (χ3n) is 2.94. The van der Waals surface area contributed by atoms with Gasteiger partial charge in [-0.3, -0.25) is 0 Å². The van der Waals surface area contributed by atoms with E-state index in [1.807, 2.05) is 13.8 Å². The molecule has 0 saturated carbocycles. The van der Waals surface area contributed by atoms with Crippen molar-refractivity contribution in [3.63, 3.8) is 0 Å². The van der Waals surface area contributed by atoms with Crippen LogP contribution in [0.3, 0.4) is 0 Å². The average molecular weight is 368 g/mol. The average Bonchev–Trinajstić information content (AvgIpc) is 2.34. The zero-order valence-corrected chi connectivity index (χ0v) is 13.9. The Bertz CT molecular complexity index is 561. The molecule has 1 aromatic carbocycles. The molecule has 0 spiro atoms. The Hall–Kier alpha value is -0.500. The molecule has 7 heteroatoms. The van der Waals surface area contributed by atoms with E-state index in [0.717, 1.165) is 6.07 Å². The molecule has 0 aromatic heterocycles. The lowest BCUT2D eigenvalue weighted by Gasteiger charge is -2.24. The second-order valence-corrected chi connectivity index (χ2v) is 8.04. The summed E-state index contributed by atoms with van der Waals surface area (Å²) in [5.74, 6) is -0.792. The Labute approximate surface area is 127 Å². The van der Waals surface area contributed by atoms with Crippen LogP contribution in [0.4, 0.5) is 4.39 Å². The fourth-order valence-corrected chi connectivity index (χ4v) is 3.34. The van der Waals surface area contributed by atoms with Crippen molar-refractivity contribution in [2.75, 3.05) is 13.2 Å². The van der Waals surface area contributed by atoms with E-state index in [1.165, 1.54) is 12.1 Å². The molecular formula is C13H19BrFNO3S. The standard InChI is InChI=1S/C13H19BrFNO3S/c1-13(2,6-3-7-17)9-16-20(18,19)12-5-4-10(14)8-11(12)15/h4-5,8,16-17H,3,6-7,9H2,1-2H3. The second-order valence-electron chi connectivity index (χ2n) is 5.39. The van der Waals surface area contributed by atoms with Crippen LogP contribution in [-0.2, 0) is 10.0 Å². The molecule has 0 aliphatic rings. The minimum Gasteiger partial charge on any atom is -0.396 e. The van der Waals surface area contributed by atoms with Crippen molar-refractivity contribution in [3.05, 3.63) is 28.5 Å². The summed E-state index contributed by atoms with van der Waals surface area (Å²) in [4.78, 5) is -0.362. The van der Waals surface area contributed by atoms with Crippen LogP contribution in [0, 0.1) is 11.2 Å². The molecule has 2 N–H and O–H groups in total. The fourth-order valence-electron chi connectivity index (χ4n) is 1.71. The third kappa shape index (κ3) is 5.12. The Morgan fingerprint density at radius 3 is 2.60 bits per heavy atom. The molecule has 0 fully saturated rings. The van der Waals surface area contributed by atoms with E-state index < -0.39 is 15.8 Å². The first kappa shape index (κ1) is 17.6. The first-order chi connectivity index (χ1) is 9.18. The fraction of sp³-hybridized carbons (Fsp3) is 0.538. The molecule has 0 saturated heterocycles. The summed E-state index contributed by atoms with van der Waals surface area (Å²) >= 11 is 3.08. The highest BCUT2D eigenvalue weighted by Gasteiger charge is 2.24. The predicted octanol–water partition coefficient (Wildman–Crippen LogP) is 2.67. The summed E-state index contributed by atoms with van der Waals surface area (Å²) in [7, 11) is -3.87. The van der Waals surface area contributed by atoms with Gasteiger partial charge in [0.1, 0.15) is 10.7 Å². The van der Waals surface area contributed by atoms with Gasteiger partial charge in [-0.05, 0) is 36.5 Å². The molecule has 0 bridgehead atoms. The van der Waals surface area contributed by atoms with Crippen LogP contribution in [0.15, 0.2) is 27.6 Å². The Morgan fingerprint density at radius 1 is 1.40 bits per heavy atom. The molecule has 4 nitrogen and oxygen atoms in total. The highest BCUT2D eigenvalue weighted by Crippen LogP contribution is 2.23. The zero-order chi connectivity index (χ0) is 15.4. The van der Waals surface area contributed by atoms with Crippen molar-refractivity contribution < 1.29 is 17.9 Å². The topological polar surface area (TPSA) is 66.4 Å². The molecule has 1 rings (SSSR count). The monoisotopic (exact) mass is 367 g/mol. The van der Waals surface area contributed by atoms with Gasteiger partial charge in [-0.1, -0.05) is 29.8 Å². The molecule has 0 aliphatic heterocycles. The molecule has 0 atom stereocenters. The Balaban J connectivity index is 2.80. The van der Waals surface area contributed by atoms with Crippen molar-refractivity contribution in [2.24, 2.45) is 5.41 Å². The number of aliphatic hydroxyl groups is 1. The number of hydrogen-bond acceptors (Lipinski definition) is 3. The van der Waals surface area contributed by atoms with Gasteiger partial charge in [-0.25, -0.2) is 17.5 Å². The van der Waals surface area contributed by atoms with Gasteiger partial charge in [-0.15, -0.1) is 0 Å². The number of nitrogens with one attached hydrogen (secondary N) is 1. The highest BCUT2D eigenvalue weighted by molar-refractivity contribution is 9.10. The maximum absolute atomic E-state index is 13.7. The summed E-state index contributed by atoms with van der Waals surface area (Å²) in [5.41, 5.74) is -0.304. The Kier molecular flexibility index (Phi) is 6.12. The summed E-state index contributed by atoms with van der Waals surface area (Å²) in [5, 5.41) is 8.81. The van der Waals surface area contributed by atoms with Crippen LogP contribution in [0.25, 0.3) is 0 Å². The van der Waals surface area contributed by atoms with E-state index in [1.54, 1.807) is 0 Å². The minimum absolute atomic E-state index is 0.0670. The normalized spacial score (nSPS) is 12.7. The van der Waals surface area contributed by atoms with E-state index in [4.69, 9.17) is 5.11 Å². The molecular weight excluding hydrogens is 349 g/mol. The maximum Gasteiger partial charge on any atom is 0.243 e. The molecule has 0 unspecified atom stereocenters. The number of sulfonamides is 1. The third-order valence-corrected chi connectivity index (χ3v) is 4.86. The van der Waals surface area contributed by atoms with Gasteiger partial charge in [0.25, 0.3) is 0 Å². The van der Waals surface area contributed by atoms with Gasteiger partial charge >= 0.3 is 0 Å². The van der Waals surface area contributed by atoms with Gasteiger partial charge in [0.2, 0.25) is 10.0 Å². The second kappa shape index (κ2) is 6.98. The molecule has 20 heavy (non-hydrogen) atoms. The maximum atomic E-state index is 13.7. The van der Waals surface area contributed by atoms with Crippen LogP contribution in [-0.4, -0.2) is 26.7 Å². The molecule has 0 heterocycles. The van der Waals surface area contributed by atoms with Gasteiger partial charge in [0, 0.05) is 17.6 Å². The largest absolute Gasteiger partial charge is 0.396 e. The number of benzene rings is 1. The van der Waals surface area contributed by atoms with Crippen molar-refractivity contribution in [1.82, 2.24) is 4.72 Å². The first-order valence-electron chi connectivity index (χ1n) is 6.23. The van der Waals surface area contributed by atoms with Gasteiger partial charge in [0.05, 0.1) is 0 Å². The summed E-state index contributed by atoms with van der Waals surface area (Å²) in [6, 6.07) is 3.82. The van der Waals surface area contributed by atoms with E-state index >= 15 is 0 Å². The Morgan fingerprint density at radius 2 is 2.05 bits per heavy atom. The van der Waals surface area contributed by atoms with Crippen LogP contribution in [0.1, 0.15) is 26.7 Å². The van der Waals surface area contributed by atoms with Crippen LogP contribution in [0.5, 0.6) is 0 Å². The summed E-state index contributed by atoms with van der Waals surface area (Å²) in [6.45, 7) is 4.04. The number of rotatable bonds is 7. The van der Waals surface area contributed by atoms with Crippen LogP contribution < -0.4 is 4.72 Å². The van der Waals surface area contributed by atoms with Crippen molar-refractivity contribution in [1.29, 1.82) is 0 Å². The van der Waals surface area contributed by atoms with E-state index in [2.05, 4.69) is 20.7 Å². The predicted molar refractivity (Wildman–Crippen MR) is 79.4 cm³/mol. The summed E-state index contributed by atoms with van der Waals surface area (Å²) in [6.07, 6.45) is 1.27. The number of aliphatic hydroxyl groups excluding tert-OH is 1. The molecule has 0 aliphatic carbocycles. The van der Waals surface area contributed by atoms with E-state index in [0.29, 0.717) is 17.3 Å². The van der Waals surface area contributed by atoms with Crippen molar-refractivity contribution >= 4 is 26.0 Å². The lowest BCUT2D eigenvalue weighted by molar-refractivity contribution is 0.242. The van der Waals surface area contributed by atoms with Crippen LogP contribution >= 0.6 is 15.9 Å². The quantitative estimate of drug-likeness (QED) is 0.778. The van der Waals surface area contributed by atoms with Gasteiger partial charge < -0.3 is 5.11 Å². The smallest absolute Gasteiger partial charge is 0.243 e. The molecule has 1 aromatic rings. The zero-order valence-electron chi connectivity index (χ0n) is 11.5. The van der Waals surface area contributed by atoms with Crippen LogP contribution in [0.2, 0.25) is 0 Å². The number of halogens is 2. The van der Waals surface area contributed by atoms with Crippen molar-refractivity contribution in [3.8, 4) is 0 Å². The molecule has 114 valence electrons. The SMILES string of the molecule is CC(C)(CCCO)CNS(=O)(=O)c1ccc(Br)cc1F. The number of hydrogen-bond donors (Lipinski definition) is 2. The first-order valence-corrected chi connectivity index (χ1v) is 8.51. The van der Waals surface area contributed by atoms with Gasteiger partial charge in [-0.2, -0.15) is 0 Å². The molecule has 0 radical (unpaired) electrons. The van der Waals surface area contributed by atoms with Crippen molar-refractivity contribution in [2.45, 2.75) is 31.6 Å². The highest BCUT2D eigenvalue weighted by atomic mass is 79.9. The molecule has 0 amide bonds. The summed E-state index contributed by atoms with van der Waals surface area (Å²) < 4.78 is 40.7. The van der Waals surface area contributed by atoms with E-state index in [9.17, 15) is 12.8 Å². The lowest BCUT2D eigenvalue weighted by Crippen LogP contribution is -2.34. The minimum atomic E-state index is -3.87. The van der Waals surface area contributed by atoms with Gasteiger partial charge in [0.15, 0.2) is 0 Å². The lowest BCUT2D eigenvalue weighted by atomic mass is 9.88.